The van der Waals surface area contributed by atoms with Gasteiger partial charge in [-0.05, 0) is 0 Å². The molecular weight excluding hydrogens is 245 g/mol. The highest BCUT2D eigenvalue weighted by molar-refractivity contribution is 8.46. The molecule has 0 N–H and O–H groups in total. The minimum absolute atomic E-state index is 0.761. The normalized spacial score (nSPS) is 43.3. The second kappa shape index (κ2) is 1.81. The lowest BCUT2D eigenvalue weighted by Gasteiger charge is -2.42. The first-order valence-corrected chi connectivity index (χ1v) is 5.76. The van der Waals surface area contributed by atoms with E-state index < -0.39 is 39.4 Å². The van der Waals surface area contributed by atoms with Gasteiger partial charge in [-0.15, -0.1) is 0 Å². The number of hydrogen-bond acceptors (Lipinski definition) is 3. The number of esters is 1. The van der Waals surface area contributed by atoms with Crippen LogP contribution < -0.4 is 0 Å². The van der Waals surface area contributed by atoms with E-state index in [4.69, 9.17) is 5.26 Å². The van der Waals surface area contributed by atoms with Gasteiger partial charge in [-0.1, -0.05) is 19.4 Å². The van der Waals surface area contributed by atoms with Crippen molar-refractivity contribution in [3.05, 3.63) is 0 Å². The van der Waals surface area contributed by atoms with Crippen LogP contribution >= 0.6 is 10.2 Å². The third kappa shape index (κ3) is 1.14. The van der Waals surface area contributed by atoms with Crippen molar-refractivity contribution >= 4 is 16.2 Å². The van der Waals surface area contributed by atoms with E-state index in [9.17, 15) is 24.2 Å². The Morgan fingerprint density at radius 3 is 2.20 bits per heavy atom. The Kier molecular flexibility index (Phi) is 1.27. The summed E-state index contributed by atoms with van der Waals surface area (Å²) in [5, 5.41) is 5.30. The van der Waals surface area contributed by atoms with Crippen LogP contribution in [0, 0.1) is 22.7 Å². The molecule has 0 amide bonds. The van der Waals surface area contributed by atoms with Crippen molar-refractivity contribution in [1.82, 2.24) is 0 Å². The van der Waals surface area contributed by atoms with Gasteiger partial charge in [-0.25, -0.2) is 0 Å². The average Bonchev–Trinajstić information content (AvgIpc) is 2.59. The summed E-state index contributed by atoms with van der Waals surface area (Å²) >= 11 is 0. The van der Waals surface area contributed by atoms with Gasteiger partial charge >= 0.3 is 5.97 Å². The van der Waals surface area contributed by atoms with E-state index >= 15 is 0 Å². The van der Waals surface area contributed by atoms with Crippen LogP contribution in [0.3, 0.4) is 0 Å². The molecule has 1 saturated carbocycles. The van der Waals surface area contributed by atoms with E-state index in [-0.39, 0.29) is 0 Å². The van der Waals surface area contributed by atoms with Crippen molar-refractivity contribution in [1.29, 1.82) is 5.26 Å². The molecule has 3 nitrogen and oxygen atoms in total. The first-order valence-electron chi connectivity index (χ1n) is 3.75. The molecule has 1 aliphatic heterocycles. The number of rotatable bonds is 1. The van der Waals surface area contributed by atoms with Crippen molar-refractivity contribution in [3.8, 4) is 6.07 Å². The van der Waals surface area contributed by atoms with Crippen molar-refractivity contribution < 1.29 is 29.0 Å². The predicted molar refractivity (Wildman–Crippen MR) is 39.4 cm³/mol. The highest BCUT2D eigenvalue weighted by Gasteiger charge is 2.94. The second-order valence-electron chi connectivity index (χ2n) is 3.64. The first kappa shape index (κ1) is 10.5. The van der Waals surface area contributed by atoms with Gasteiger partial charge in [0.25, 0.3) is 10.2 Å². The molecule has 0 aromatic heterocycles. The summed E-state index contributed by atoms with van der Waals surface area (Å²) < 4.78 is 66.0. The Hall–Kier alpha value is -1.04. The number of carbonyl (C=O) groups excluding carboxylic acids is 1. The molecule has 9 heteroatoms. The topological polar surface area (TPSA) is 50.1 Å². The SMILES string of the molecule is N#C[C@@]12C(=O)OC[C@@H]1[C@H]2S(F)(F)(F)(F)F. The van der Waals surface area contributed by atoms with Crippen LogP contribution in [0.1, 0.15) is 0 Å². The number of ether oxygens (including phenoxy) is 1. The molecule has 86 valence electrons. The summed E-state index contributed by atoms with van der Waals surface area (Å²) in [5.74, 6) is -3.24. The molecule has 15 heavy (non-hydrogen) atoms. The summed E-state index contributed by atoms with van der Waals surface area (Å²) in [6, 6.07) is 1.03. The van der Waals surface area contributed by atoms with Crippen LogP contribution in [0.5, 0.6) is 0 Å². The second-order valence-corrected chi connectivity index (χ2v) is 6.20. The highest BCUT2D eigenvalue weighted by Crippen LogP contribution is 3.07. The van der Waals surface area contributed by atoms with Crippen LogP contribution in [-0.4, -0.2) is 17.8 Å². The molecule has 1 heterocycles. The Labute approximate surface area is 80.5 Å². The zero-order chi connectivity index (χ0) is 11.8. The van der Waals surface area contributed by atoms with Crippen LogP contribution in [0.25, 0.3) is 0 Å². The summed E-state index contributed by atoms with van der Waals surface area (Å²) in [6.45, 7) is -0.761. The lowest BCUT2D eigenvalue weighted by molar-refractivity contribution is -0.143. The van der Waals surface area contributed by atoms with Gasteiger partial charge in [-0.3, -0.25) is 4.79 Å². The van der Waals surface area contributed by atoms with E-state index in [0.717, 1.165) is 6.07 Å². The van der Waals surface area contributed by atoms with Gasteiger partial charge in [0.15, 0.2) is 5.41 Å². The fourth-order valence-electron chi connectivity index (χ4n) is 2.05. The molecule has 0 radical (unpaired) electrons. The van der Waals surface area contributed by atoms with E-state index in [1.807, 2.05) is 0 Å². The molecule has 2 fully saturated rings. The minimum atomic E-state index is -9.78. The Bertz CT molecular complexity index is 410. The molecule has 3 atom stereocenters. The number of halogens is 5. The molecule has 0 aromatic rings. The number of cyclic esters (lactones) is 1. The number of carbonyl (C=O) groups is 1. The lowest BCUT2D eigenvalue weighted by atomic mass is 10.1. The molecule has 0 bridgehead atoms. The third-order valence-corrected chi connectivity index (χ3v) is 4.35. The van der Waals surface area contributed by atoms with Crippen molar-refractivity contribution in [2.24, 2.45) is 11.3 Å². The monoisotopic (exact) mass is 249 g/mol. The largest absolute Gasteiger partial charge is 0.464 e. The molecule has 0 spiro atoms. The standard InChI is InChI=1S/C6H4F5NO2S/c7-15(8,9,10,11)4-3-1-14-5(13)6(3,4)2-12/h3-4H,1H2/t3-,4-,6-/m1/s1. The van der Waals surface area contributed by atoms with Crippen LogP contribution in [0.2, 0.25) is 0 Å². The number of fused-ring (bicyclic) bond motifs is 1. The average molecular weight is 249 g/mol. The zero-order valence-electron chi connectivity index (χ0n) is 6.92. The van der Waals surface area contributed by atoms with Gasteiger partial charge in [0, 0.05) is 5.92 Å². The maximum Gasteiger partial charge on any atom is 0.328 e. The lowest BCUT2D eigenvalue weighted by Crippen LogP contribution is -2.26. The quantitative estimate of drug-likeness (QED) is 0.529. The molecule has 1 aliphatic carbocycles. The minimum Gasteiger partial charge on any atom is -0.464 e. The fraction of sp³-hybridized carbons (Fsp3) is 0.667. The first-order chi connectivity index (χ1) is 6.43. The number of hydrogen-bond donors (Lipinski definition) is 0. The number of nitriles is 1. The highest BCUT2D eigenvalue weighted by atomic mass is 32.5. The van der Waals surface area contributed by atoms with Gasteiger partial charge < -0.3 is 4.74 Å². The van der Waals surface area contributed by atoms with Crippen LogP contribution in [0.15, 0.2) is 0 Å². The maximum absolute atomic E-state index is 12.4. The van der Waals surface area contributed by atoms with E-state index in [2.05, 4.69) is 4.74 Å². The zero-order valence-corrected chi connectivity index (χ0v) is 7.74. The predicted octanol–water partition coefficient (Wildman–Crippen LogP) is 2.35. The molecule has 2 aliphatic rings. The van der Waals surface area contributed by atoms with Crippen LogP contribution in [-0.2, 0) is 9.53 Å². The molecular formula is C6H4F5NO2S. The van der Waals surface area contributed by atoms with Crippen LogP contribution in [0.4, 0.5) is 19.4 Å². The molecule has 0 aromatic carbocycles. The Morgan fingerprint density at radius 1 is 1.40 bits per heavy atom. The number of nitrogens with zero attached hydrogens (tertiary/aromatic N) is 1. The summed E-state index contributed by atoms with van der Waals surface area (Å²) in [5.41, 5.74) is -2.69. The summed E-state index contributed by atoms with van der Waals surface area (Å²) in [6.07, 6.45) is 0. The Morgan fingerprint density at radius 2 is 1.93 bits per heavy atom. The maximum atomic E-state index is 12.4. The van der Waals surface area contributed by atoms with Crippen molar-refractivity contribution in [2.75, 3.05) is 6.61 Å². The summed E-state index contributed by atoms with van der Waals surface area (Å²) in [7, 11) is -9.78. The smallest absolute Gasteiger partial charge is 0.328 e. The molecule has 2 rings (SSSR count). The molecule has 0 unspecified atom stereocenters. The van der Waals surface area contributed by atoms with Gasteiger partial charge in [0.1, 0.15) is 5.25 Å². The summed E-state index contributed by atoms with van der Waals surface area (Å²) in [4.78, 5) is 10.9. The Balaban J connectivity index is 2.50. The van der Waals surface area contributed by atoms with Crippen molar-refractivity contribution in [2.45, 2.75) is 5.25 Å². The van der Waals surface area contributed by atoms with Gasteiger partial charge in [0.05, 0.1) is 12.7 Å². The van der Waals surface area contributed by atoms with Crippen molar-refractivity contribution in [3.63, 3.8) is 0 Å². The molecule has 1 saturated heterocycles. The van der Waals surface area contributed by atoms with Gasteiger partial charge in [0.2, 0.25) is 0 Å². The van der Waals surface area contributed by atoms with E-state index in [0.29, 0.717) is 0 Å². The van der Waals surface area contributed by atoms with E-state index in [1.54, 1.807) is 0 Å². The van der Waals surface area contributed by atoms with E-state index in [1.165, 1.54) is 0 Å². The van der Waals surface area contributed by atoms with Gasteiger partial charge in [-0.2, -0.15) is 5.26 Å². The fourth-order valence-corrected chi connectivity index (χ4v) is 3.91. The third-order valence-electron chi connectivity index (χ3n) is 2.69.